The second-order valence-corrected chi connectivity index (χ2v) is 8.31. The lowest BCUT2D eigenvalue weighted by Gasteiger charge is -2.12. The Morgan fingerprint density at radius 1 is 1.03 bits per heavy atom. The maximum Gasteiger partial charge on any atom is 0.333 e. The number of aromatic nitrogens is 5. The minimum atomic E-state index is -0.876. The summed E-state index contributed by atoms with van der Waals surface area (Å²) in [4.78, 5) is 43.2. The number of rotatable bonds is 4. The highest BCUT2D eigenvalue weighted by atomic mass is 16.2. The van der Waals surface area contributed by atoms with Crippen LogP contribution in [0.15, 0.2) is 70.4 Å². The van der Waals surface area contributed by atoms with E-state index in [0.29, 0.717) is 5.78 Å². The first-order valence-electron chi connectivity index (χ1n) is 10.7. The average Bonchev–Trinajstić information content (AvgIpc) is 3.34. The lowest BCUT2D eigenvalue weighted by molar-refractivity contribution is -0.119. The third-order valence-corrected chi connectivity index (χ3v) is 6.10. The largest absolute Gasteiger partial charge is 0.333 e. The zero-order valence-electron chi connectivity index (χ0n) is 18.8. The monoisotopic (exact) mass is 441 g/mol. The van der Waals surface area contributed by atoms with E-state index in [4.69, 9.17) is 4.98 Å². The quantitative estimate of drug-likeness (QED) is 0.429. The normalized spacial score (nSPS) is 12.5. The van der Waals surface area contributed by atoms with Crippen molar-refractivity contribution in [1.82, 2.24) is 23.1 Å². The summed E-state index contributed by atoms with van der Waals surface area (Å²) in [5.74, 6) is 0.242. The van der Waals surface area contributed by atoms with E-state index >= 15 is 0 Å². The number of imidazole rings is 2. The summed E-state index contributed by atoms with van der Waals surface area (Å²) in [6.07, 6.45) is 1.86. The number of fused-ring (bicyclic) bond motifs is 3. The topological polar surface area (TPSA) is 83.3 Å². The molecule has 0 fully saturated rings. The van der Waals surface area contributed by atoms with Crippen molar-refractivity contribution in [3.8, 4) is 16.9 Å². The van der Waals surface area contributed by atoms with Crippen molar-refractivity contribution in [3.63, 3.8) is 0 Å². The lowest BCUT2D eigenvalue weighted by atomic mass is 10.1. The van der Waals surface area contributed by atoms with E-state index in [-0.39, 0.29) is 16.9 Å². The van der Waals surface area contributed by atoms with Crippen LogP contribution in [-0.4, -0.2) is 28.9 Å². The second kappa shape index (κ2) is 7.44. The molecule has 166 valence electrons. The van der Waals surface area contributed by atoms with Crippen LogP contribution in [0.1, 0.15) is 25.5 Å². The van der Waals surface area contributed by atoms with Crippen LogP contribution in [0, 0.1) is 6.92 Å². The molecular weight excluding hydrogens is 418 g/mol. The molecule has 0 unspecified atom stereocenters. The van der Waals surface area contributed by atoms with E-state index in [1.807, 2.05) is 72.3 Å². The van der Waals surface area contributed by atoms with Gasteiger partial charge in [-0.3, -0.25) is 23.1 Å². The number of hydrogen-bond acceptors (Lipinski definition) is 4. The summed E-state index contributed by atoms with van der Waals surface area (Å²) in [5, 5.41) is 0. The molecule has 0 spiro atoms. The predicted molar refractivity (Wildman–Crippen MR) is 127 cm³/mol. The van der Waals surface area contributed by atoms with Crippen LogP contribution in [0.5, 0.6) is 0 Å². The highest BCUT2D eigenvalue weighted by Crippen LogP contribution is 2.29. The van der Waals surface area contributed by atoms with Gasteiger partial charge in [-0.15, -0.1) is 0 Å². The van der Waals surface area contributed by atoms with Crippen LogP contribution in [0.4, 0.5) is 0 Å². The molecule has 0 saturated carbocycles. The van der Waals surface area contributed by atoms with Gasteiger partial charge in [0, 0.05) is 24.5 Å². The molecule has 8 nitrogen and oxygen atoms in total. The number of carbonyl (C=O) groups excluding carboxylic acids is 1. The molecule has 3 aromatic heterocycles. The molecule has 0 radical (unpaired) electrons. The van der Waals surface area contributed by atoms with Gasteiger partial charge in [-0.1, -0.05) is 42.5 Å². The fourth-order valence-corrected chi connectivity index (χ4v) is 4.22. The lowest BCUT2D eigenvalue weighted by Crippen LogP contribution is -2.42. The smallest absolute Gasteiger partial charge is 0.298 e. The maximum absolute atomic E-state index is 13.5. The molecular formula is C25H23N5O3. The molecule has 5 rings (SSSR count). The van der Waals surface area contributed by atoms with E-state index in [1.54, 1.807) is 18.4 Å². The summed E-state index contributed by atoms with van der Waals surface area (Å²) in [6, 6.07) is 17.0. The third-order valence-electron chi connectivity index (χ3n) is 6.10. The Morgan fingerprint density at radius 3 is 2.42 bits per heavy atom. The third kappa shape index (κ3) is 3.06. The fourth-order valence-electron chi connectivity index (χ4n) is 4.22. The van der Waals surface area contributed by atoms with E-state index in [1.165, 1.54) is 11.5 Å². The molecule has 2 aromatic carbocycles. The standard InChI is InChI=1S/C25H23N5O3/c1-15-9-8-12-19(13-15)30-20(18-10-6-5-7-11-18)14-28-21-22(26-24(28)30)27(4)25(33)29(23(21)32)16(2)17(3)31/h5-14,16H,1-4H3/t16-/m1/s1. The van der Waals surface area contributed by atoms with E-state index in [0.717, 1.165) is 27.1 Å². The van der Waals surface area contributed by atoms with Gasteiger partial charge < -0.3 is 0 Å². The summed E-state index contributed by atoms with van der Waals surface area (Å²) in [5.41, 5.74) is 3.20. The van der Waals surface area contributed by atoms with Crippen LogP contribution in [-0.2, 0) is 11.8 Å². The van der Waals surface area contributed by atoms with E-state index in [9.17, 15) is 14.4 Å². The highest BCUT2D eigenvalue weighted by molar-refractivity contribution is 5.82. The molecule has 0 saturated heterocycles. The highest BCUT2D eigenvalue weighted by Gasteiger charge is 2.25. The summed E-state index contributed by atoms with van der Waals surface area (Å²) in [6.45, 7) is 4.94. The molecule has 3 heterocycles. The Balaban J connectivity index is 1.96. The van der Waals surface area contributed by atoms with Gasteiger partial charge in [0.05, 0.1) is 11.7 Å². The van der Waals surface area contributed by atoms with Crippen molar-refractivity contribution in [2.45, 2.75) is 26.8 Å². The Kier molecular flexibility index (Phi) is 4.67. The molecule has 0 aliphatic rings. The second-order valence-electron chi connectivity index (χ2n) is 8.31. The maximum atomic E-state index is 13.5. The zero-order chi connectivity index (χ0) is 23.4. The first kappa shape index (κ1) is 20.7. The number of carbonyl (C=O) groups is 1. The molecule has 0 aliphatic carbocycles. The van der Waals surface area contributed by atoms with Gasteiger partial charge in [0.2, 0.25) is 5.78 Å². The Bertz CT molecular complexity index is 1670. The number of ketones is 1. The van der Waals surface area contributed by atoms with Crippen molar-refractivity contribution in [3.05, 3.63) is 87.2 Å². The predicted octanol–water partition coefficient (Wildman–Crippen LogP) is 3.26. The Morgan fingerprint density at radius 2 is 1.76 bits per heavy atom. The zero-order valence-corrected chi connectivity index (χ0v) is 18.8. The van der Waals surface area contributed by atoms with Crippen molar-refractivity contribution < 1.29 is 4.79 Å². The number of aryl methyl sites for hydroxylation is 2. The van der Waals surface area contributed by atoms with Crippen molar-refractivity contribution in [1.29, 1.82) is 0 Å². The van der Waals surface area contributed by atoms with Gasteiger partial charge in [-0.25, -0.2) is 9.36 Å². The van der Waals surface area contributed by atoms with Crippen LogP contribution < -0.4 is 11.2 Å². The van der Waals surface area contributed by atoms with Crippen molar-refractivity contribution in [2.75, 3.05) is 0 Å². The van der Waals surface area contributed by atoms with Crippen molar-refractivity contribution in [2.24, 2.45) is 7.05 Å². The van der Waals surface area contributed by atoms with Crippen LogP contribution in [0.25, 0.3) is 33.9 Å². The minimum absolute atomic E-state index is 0.254. The average molecular weight is 441 g/mol. The molecule has 0 N–H and O–H groups in total. The van der Waals surface area contributed by atoms with Crippen molar-refractivity contribution >= 4 is 22.7 Å². The van der Waals surface area contributed by atoms with E-state index in [2.05, 4.69) is 0 Å². The Labute approximate surface area is 189 Å². The van der Waals surface area contributed by atoms with E-state index < -0.39 is 17.3 Å². The number of hydrogen-bond donors (Lipinski definition) is 0. The summed E-state index contributed by atoms with van der Waals surface area (Å²) < 4.78 is 6.02. The van der Waals surface area contributed by atoms with Gasteiger partial charge in [0.25, 0.3) is 5.56 Å². The molecule has 8 heteroatoms. The summed E-state index contributed by atoms with van der Waals surface area (Å²) >= 11 is 0. The van der Waals surface area contributed by atoms with Gasteiger partial charge >= 0.3 is 5.69 Å². The first-order valence-corrected chi connectivity index (χ1v) is 10.7. The number of benzene rings is 2. The molecule has 0 bridgehead atoms. The van der Waals surface area contributed by atoms with Crippen LogP contribution in [0.2, 0.25) is 0 Å². The first-order chi connectivity index (χ1) is 15.8. The van der Waals surface area contributed by atoms with Crippen LogP contribution >= 0.6 is 0 Å². The number of Topliss-reactive ketones (excluding diaryl/α,β-unsaturated/α-hetero) is 1. The van der Waals surface area contributed by atoms with Gasteiger partial charge in [-0.05, 0) is 38.5 Å². The van der Waals surface area contributed by atoms with Gasteiger partial charge in [0.1, 0.15) is 0 Å². The molecule has 33 heavy (non-hydrogen) atoms. The minimum Gasteiger partial charge on any atom is -0.298 e. The molecule has 5 aromatic rings. The van der Waals surface area contributed by atoms with Gasteiger partial charge in [-0.2, -0.15) is 4.98 Å². The number of nitrogens with zero attached hydrogens (tertiary/aromatic N) is 5. The molecule has 0 aliphatic heterocycles. The molecule has 0 amide bonds. The van der Waals surface area contributed by atoms with Crippen LogP contribution in [0.3, 0.4) is 0 Å². The Hall–Kier alpha value is -4.20. The molecule has 1 atom stereocenters. The fraction of sp³-hybridized carbons (Fsp3) is 0.200. The summed E-state index contributed by atoms with van der Waals surface area (Å²) in [7, 11) is 1.56. The SMILES string of the molecule is CC(=O)[C@@H](C)n1c(=O)c2c(nc3n(-c4cccc(C)c4)c(-c4ccccc4)cn23)n(C)c1=O. The van der Waals surface area contributed by atoms with Gasteiger partial charge in [0.15, 0.2) is 16.9 Å².